The van der Waals surface area contributed by atoms with Crippen LogP contribution < -0.4 is 5.73 Å². The molecule has 0 aliphatic carbocycles. The molecule has 0 aromatic rings. The van der Waals surface area contributed by atoms with Crippen molar-refractivity contribution in [2.24, 2.45) is 5.73 Å². The van der Waals surface area contributed by atoms with Crippen LogP contribution in [0.5, 0.6) is 0 Å². The van der Waals surface area contributed by atoms with E-state index in [9.17, 15) is 4.79 Å². The Hall–Kier alpha value is -0.610. The molecule has 14 heavy (non-hydrogen) atoms. The fourth-order valence-electron chi connectivity index (χ4n) is 1.45. The molecule has 0 fully saturated rings. The molecular weight excluding hydrogens is 182 g/mol. The van der Waals surface area contributed by atoms with E-state index >= 15 is 0 Å². The first kappa shape index (κ1) is 13.4. The minimum Gasteiger partial charge on any atom is -0.468 e. The Labute approximate surface area is 85.8 Å². The lowest BCUT2D eigenvalue weighted by Crippen LogP contribution is -2.41. The van der Waals surface area contributed by atoms with Crippen LogP contribution in [0, 0.1) is 0 Å². The Bertz CT molecular complexity index is 190. The molecular formula is C10H21NO3. The summed E-state index contributed by atoms with van der Waals surface area (Å²) in [6, 6.07) is -0.617. The van der Waals surface area contributed by atoms with Gasteiger partial charge in [-0.2, -0.15) is 0 Å². The largest absolute Gasteiger partial charge is 0.468 e. The fraction of sp³-hybridized carbons (Fsp3) is 0.900. The number of carbonyl (C=O) groups excluding carboxylic acids is 1. The molecule has 0 aromatic heterocycles. The normalized spacial score (nSPS) is 14.2. The van der Waals surface area contributed by atoms with E-state index in [-0.39, 0.29) is 6.10 Å². The summed E-state index contributed by atoms with van der Waals surface area (Å²) in [7, 11) is 1.33. The van der Waals surface area contributed by atoms with Gasteiger partial charge in [0.1, 0.15) is 6.04 Å². The summed E-state index contributed by atoms with van der Waals surface area (Å²) in [6.45, 7) is 7.72. The van der Waals surface area contributed by atoms with E-state index in [2.05, 4.69) is 4.74 Å². The number of rotatable bonds is 5. The number of nitrogens with two attached hydrogens (primary N) is 1. The van der Waals surface area contributed by atoms with E-state index in [0.717, 1.165) is 0 Å². The Balaban J connectivity index is 4.14. The molecule has 4 heteroatoms. The van der Waals surface area contributed by atoms with E-state index in [1.54, 1.807) is 0 Å². The van der Waals surface area contributed by atoms with E-state index in [1.807, 2.05) is 27.7 Å². The lowest BCUT2D eigenvalue weighted by Gasteiger charge is -2.29. The zero-order valence-electron chi connectivity index (χ0n) is 9.66. The van der Waals surface area contributed by atoms with Crippen molar-refractivity contribution in [2.45, 2.75) is 51.9 Å². The minimum absolute atomic E-state index is 0.120. The summed E-state index contributed by atoms with van der Waals surface area (Å²) in [5, 5.41) is 0. The Morgan fingerprint density at radius 3 is 2.29 bits per heavy atom. The second-order valence-corrected chi connectivity index (χ2v) is 4.26. The summed E-state index contributed by atoms with van der Waals surface area (Å²) in [5.74, 6) is -0.398. The third-order valence-electron chi connectivity index (χ3n) is 1.77. The maximum absolute atomic E-state index is 11.1. The van der Waals surface area contributed by atoms with Crippen molar-refractivity contribution in [1.29, 1.82) is 0 Å². The first-order valence-electron chi connectivity index (χ1n) is 4.79. The van der Waals surface area contributed by atoms with Crippen molar-refractivity contribution in [2.75, 3.05) is 7.11 Å². The standard InChI is InChI=1S/C10H21NO3/c1-7(2)14-10(3,4)6-8(11)9(12)13-5/h7-8H,6,11H2,1-5H3. The maximum Gasteiger partial charge on any atom is 0.322 e. The summed E-state index contributed by atoms with van der Waals surface area (Å²) < 4.78 is 10.2. The van der Waals surface area contributed by atoms with Crippen LogP contribution in [-0.4, -0.2) is 30.8 Å². The average Bonchev–Trinajstić information content (AvgIpc) is 1.99. The monoisotopic (exact) mass is 203 g/mol. The number of carbonyl (C=O) groups is 1. The van der Waals surface area contributed by atoms with Gasteiger partial charge in [-0.05, 0) is 27.7 Å². The highest BCUT2D eigenvalue weighted by Gasteiger charge is 2.27. The second-order valence-electron chi connectivity index (χ2n) is 4.26. The molecule has 1 atom stereocenters. The highest BCUT2D eigenvalue weighted by molar-refractivity contribution is 5.75. The molecule has 0 amide bonds. The lowest BCUT2D eigenvalue weighted by molar-refractivity contribution is -0.145. The van der Waals surface area contributed by atoms with Gasteiger partial charge in [0.25, 0.3) is 0 Å². The maximum atomic E-state index is 11.1. The van der Waals surface area contributed by atoms with Crippen molar-refractivity contribution in [1.82, 2.24) is 0 Å². The molecule has 0 bridgehead atoms. The van der Waals surface area contributed by atoms with Gasteiger partial charge in [0.05, 0.1) is 18.8 Å². The quantitative estimate of drug-likeness (QED) is 0.679. The molecule has 0 saturated carbocycles. The minimum atomic E-state index is -0.617. The summed E-state index contributed by atoms with van der Waals surface area (Å²) >= 11 is 0. The smallest absolute Gasteiger partial charge is 0.322 e. The van der Waals surface area contributed by atoms with E-state index < -0.39 is 17.6 Å². The number of ether oxygens (including phenoxy) is 2. The van der Waals surface area contributed by atoms with Gasteiger partial charge in [0.15, 0.2) is 0 Å². The molecule has 0 heterocycles. The van der Waals surface area contributed by atoms with Crippen molar-refractivity contribution in [3.63, 3.8) is 0 Å². The second kappa shape index (κ2) is 5.32. The molecule has 0 radical (unpaired) electrons. The lowest BCUT2D eigenvalue weighted by atomic mass is 9.99. The average molecular weight is 203 g/mol. The number of hydrogen-bond donors (Lipinski definition) is 1. The van der Waals surface area contributed by atoms with Crippen molar-refractivity contribution >= 4 is 5.97 Å². The van der Waals surface area contributed by atoms with Gasteiger partial charge in [-0.15, -0.1) is 0 Å². The van der Waals surface area contributed by atoms with Crippen LogP contribution in [0.15, 0.2) is 0 Å². The summed E-state index contributed by atoms with van der Waals surface area (Å²) in [5.41, 5.74) is 5.23. The highest BCUT2D eigenvalue weighted by Crippen LogP contribution is 2.18. The summed E-state index contributed by atoms with van der Waals surface area (Å²) in [4.78, 5) is 11.1. The fourth-order valence-corrected chi connectivity index (χ4v) is 1.45. The van der Waals surface area contributed by atoms with Crippen LogP contribution in [-0.2, 0) is 14.3 Å². The van der Waals surface area contributed by atoms with Gasteiger partial charge in [-0.1, -0.05) is 0 Å². The van der Waals surface area contributed by atoms with Gasteiger partial charge in [0, 0.05) is 6.42 Å². The molecule has 0 spiro atoms. The molecule has 0 aromatic carbocycles. The zero-order chi connectivity index (χ0) is 11.4. The number of hydrogen-bond acceptors (Lipinski definition) is 4. The molecule has 84 valence electrons. The Kier molecular flexibility index (Phi) is 5.08. The van der Waals surface area contributed by atoms with Crippen molar-refractivity contribution in [3.8, 4) is 0 Å². The SMILES string of the molecule is COC(=O)C(N)CC(C)(C)OC(C)C. The van der Waals surface area contributed by atoms with E-state index in [1.165, 1.54) is 7.11 Å². The van der Waals surface area contributed by atoms with Crippen LogP contribution in [0.2, 0.25) is 0 Å². The number of esters is 1. The molecule has 0 rings (SSSR count). The van der Waals surface area contributed by atoms with Crippen LogP contribution in [0.4, 0.5) is 0 Å². The molecule has 2 N–H and O–H groups in total. The van der Waals surface area contributed by atoms with Crippen LogP contribution in [0.1, 0.15) is 34.1 Å². The first-order chi connectivity index (χ1) is 6.28. The first-order valence-corrected chi connectivity index (χ1v) is 4.79. The van der Waals surface area contributed by atoms with Gasteiger partial charge < -0.3 is 15.2 Å². The van der Waals surface area contributed by atoms with Gasteiger partial charge >= 0.3 is 5.97 Å². The van der Waals surface area contributed by atoms with Crippen molar-refractivity contribution < 1.29 is 14.3 Å². The van der Waals surface area contributed by atoms with Crippen LogP contribution >= 0.6 is 0 Å². The van der Waals surface area contributed by atoms with Gasteiger partial charge in [0.2, 0.25) is 0 Å². The predicted octanol–water partition coefficient (Wildman–Crippen LogP) is 1.08. The van der Waals surface area contributed by atoms with Gasteiger partial charge in [-0.3, -0.25) is 4.79 Å². The highest BCUT2D eigenvalue weighted by atomic mass is 16.5. The Morgan fingerprint density at radius 2 is 1.93 bits per heavy atom. The zero-order valence-corrected chi connectivity index (χ0v) is 9.66. The van der Waals surface area contributed by atoms with Crippen LogP contribution in [0.3, 0.4) is 0 Å². The van der Waals surface area contributed by atoms with Crippen LogP contribution in [0.25, 0.3) is 0 Å². The topological polar surface area (TPSA) is 61.5 Å². The van der Waals surface area contributed by atoms with E-state index in [4.69, 9.17) is 10.5 Å². The molecule has 4 nitrogen and oxygen atoms in total. The Morgan fingerprint density at radius 1 is 1.43 bits per heavy atom. The molecule has 0 aliphatic rings. The molecule has 1 unspecified atom stereocenters. The molecule has 0 aliphatic heterocycles. The van der Waals surface area contributed by atoms with Gasteiger partial charge in [-0.25, -0.2) is 0 Å². The van der Waals surface area contributed by atoms with Crippen molar-refractivity contribution in [3.05, 3.63) is 0 Å². The third kappa shape index (κ3) is 5.19. The molecule has 0 saturated heterocycles. The number of methoxy groups -OCH3 is 1. The third-order valence-corrected chi connectivity index (χ3v) is 1.77. The van der Waals surface area contributed by atoms with E-state index in [0.29, 0.717) is 6.42 Å². The summed E-state index contributed by atoms with van der Waals surface area (Å²) in [6.07, 6.45) is 0.576. The predicted molar refractivity (Wildman–Crippen MR) is 54.9 cm³/mol.